The van der Waals surface area contributed by atoms with Crippen molar-refractivity contribution in [1.29, 1.82) is 0 Å². The number of nitrogens with one attached hydrogen (secondary N) is 2. The Kier molecular flexibility index (Phi) is 9.11. The third kappa shape index (κ3) is 6.46. The quantitative estimate of drug-likeness (QED) is 0.323. The maximum absolute atomic E-state index is 12.7. The van der Waals surface area contributed by atoms with Gasteiger partial charge < -0.3 is 20.4 Å². The van der Waals surface area contributed by atoms with Crippen molar-refractivity contribution in [2.75, 3.05) is 31.1 Å². The predicted octanol–water partition coefficient (Wildman–Crippen LogP) is 3.07. The highest BCUT2D eigenvalue weighted by molar-refractivity contribution is 14.0. The van der Waals surface area contributed by atoms with Crippen molar-refractivity contribution >= 4 is 47.4 Å². The molecule has 0 atom stereocenters. The minimum Gasteiger partial charge on any atom is -0.357 e. The number of aliphatic imine (C=N–C) groups is 1. The van der Waals surface area contributed by atoms with Gasteiger partial charge in [0.15, 0.2) is 5.96 Å². The zero-order chi connectivity index (χ0) is 22.3. The van der Waals surface area contributed by atoms with Crippen LogP contribution in [0.5, 0.6) is 0 Å². The Labute approximate surface area is 212 Å². The number of benzene rings is 2. The van der Waals surface area contributed by atoms with Crippen molar-refractivity contribution in [2.45, 2.75) is 39.3 Å². The highest BCUT2D eigenvalue weighted by Gasteiger charge is 2.22. The Morgan fingerprint density at radius 2 is 1.76 bits per heavy atom. The smallest absolute Gasteiger partial charge is 0.242 e. The van der Waals surface area contributed by atoms with E-state index >= 15 is 0 Å². The summed E-state index contributed by atoms with van der Waals surface area (Å²) in [4.78, 5) is 33.0. The standard InChI is InChI=1S/C25H31N5O2.HI/c1-2-26-25(27-16-19-9-11-22(12-10-19)30-14-5-8-23(30)31)28-17-24(32)29-15-13-20-6-3-4-7-21(20)18-29;/h3-4,6-7,9-12H,2,5,8,13-18H2,1H3,(H2,26,27,28);1H. The van der Waals surface area contributed by atoms with Crippen molar-refractivity contribution in [3.63, 3.8) is 0 Å². The Balaban J connectivity index is 0.00000306. The molecule has 2 aromatic carbocycles. The van der Waals surface area contributed by atoms with E-state index in [0.717, 1.165) is 37.2 Å². The number of halogens is 1. The summed E-state index contributed by atoms with van der Waals surface area (Å²) >= 11 is 0. The van der Waals surface area contributed by atoms with Crippen LogP contribution in [0.1, 0.15) is 36.5 Å². The second-order valence-corrected chi connectivity index (χ2v) is 8.20. The fourth-order valence-electron chi connectivity index (χ4n) is 4.19. The van der Waals surface area contributed by atoms with E-state index in [1.165, 1.54) is 11.1 Å². The topological polar surface area (TPSA) is 77.0 Å². The summed E-state index contributed by atoms with van der Waals surface area (Å²) in [6, 6.07) is 16.3. The zero-order valence-corrected chi connectivity index (χ0v) is 21.4. The van der Waals surface area contributed by atoms with Crippen LogP contribution < -0.4 is 15.5 Å². The molecule has 2 aromatic rings. The van der Waals surface area contributed by atoms with Gasteiger partial charge in [0.05, 0.1) is 13.1 Å². The van der Waals surface area contributed by atoms with Gasteiger partial charge in [-0.15, -0.1) is 24.0 Å². The fraction of sp³-hybridized carbons (Fsp3) is 0.400. The van der Waals surface area contributed by atoms with Gasteiger partial charge in [0.25, 0.3) is 0 Å². The van der Waals surface area contributed by atoms with E-state index in [1.54, 1.807) is 0 Å². The summed E-state index contributed by atoms with van der Waals surface area (Å²) in [5.74, 6) is 0.887. The van der Waals surface area contributed by atoms with Crippen molar-refractivity contribution < 1.29 is 9.59 Å². The number of hydrogen-bond acceptors (Lipinski definition) is 3. The van der Waals surface area contributed by atoms with Crippen LogP contribution in [0.4, 0.5) is 5.69 Å². The second-order valence-electron chi connectivity index (χ2n) is 8.20. The van der Waals surface area contributed by atoms with Crippen LogP contribution in [0.3, 0.4) is 0 Å². The number of carbonyl (C=O) groups excluding carboxylic acids is 2. The summed E-state index contributed by atoms with van der Waals surface area (Å²) in [5, 5.41) is 6.37. The number of carbonyl (C=O) groups is 2. The molecule has 2 heterocycles. The third-order valence-corrected chi connectivity index (χ3v) is 5.98. The molecular formula is C25H32IN5O2. The van der Waals surface area contributed by atoms with E-state index in [-0.39, 0.29) is 42.3 Å². The van der Waals surface area contributed by atoms with Gasteiger partial charge in [0, 0.05) is 38.3 Å². The van der Waals surface area contributed by atoms with Gasteiger partial charge in [-0.05, 0) is 48.6 Å². The lowest BCUT2D eigenvalue weighted by molar-refractivity contribution is -0.130. The van der Waals surface area contributed by atoms with Crippen molar-refractivity contribution in [2.24, 2.45) is 4.99 Å². The predicted molar refractivity (Wildman–Crippen MR) is 142 cm³/mol. The molecule has 33 heavy (non-hydrogen) atoms. The zero-order valence-electron chi connectivity index (χ0n) is 19.0. The molecule has 0 bridgehead atoms. The molecule has 2 aliphatic rings. The average molecular weight is 561 g/mol. The van der Waals surface area contributed by atoms with E-state index in [9.17, 15) is 9.59 Å². The van der Waals surface area contributed by atoms with Gasteiger partial charge in [-0.25, -0.2) is 4.99 Å². The van der Waals surface area contributed by atoms with E-state index in [4.69, 9.17) is 0 Å². The van der Waals surface area contributed by atoms with Crippen LogP contribution in [0, 0.1) is 0 Å². The molecule has 0 radical (unpaired) electrons. The molecule has 0 saturated carbocycles. The van der Waals surface area contributed by atoms with Gasteiger partial charge in [-0.3, -0.25) is 9.59 Å². The number of nitrogens with zero attached hydrogens (tertiary/aromatic N) is 3. The SMILES string of the molecule is CCNC(=NCc1ccc(N2CCCC2=O)cc1)NCC(=O)N1CCc2ccccc2C1.I. The summed E-state index contributed by atoms with van der Waals surface area (Å²) in [5.41, 5.74) is 4.56. The lowest BCUT2D eigenvalue weighted by Crippen LogP contribution is -2.45. The van der Waals surface area contributed by atoms with E-state index in [1.807, 2.05) is 47.1 Å². The molecule has 0 aliphatic carbocycles. The van der Waals surface area contributed by atoms with Crippen LogP contribution in [0.2, 0.25) is 0 Å². The molecule has 2 aliphatic heterocycles. The minimum atomic E-state index is 0. The lowest BCUT2D eigenvalue weighted by atomic mass is 10.00. The van der Waals surface area contributed by atoms with Crippen LogP contribution in [-0.2, 0) is 29.1 Å². The number of fused-ring (bicyclic) bond motifs is 1. The Bertz CT molecular complexity index is 993. The molecule has 7 nitrogen and oxygen atoms in total. The fourth-order valence-corrected chi connectivity index (χ4v) is 4.19. The molecule has 1 fully saturated rings. The van der Waals surface area contributed by atoms with Crippen molar-refractivity contribution in [3.05, 3.63) is 65.2 Å². The van der Waals surface area contributed by atoms with Crippen LogP contribution in [-0.4, -0.2) is 48.9 Å². The van der Waals surface area contributed by atoms with Gasteiger partial charge in [-0.2, -0.15) is 0 Å². The summed E-state index contributed by atoms with van der Waals surface area (Å²) in [6.07, 6.45) is 2.45. The van der Waals surface area contributed by atoms with E-state index in [0.29, 0.717) is 32.0 Å². The highest BCUT2D eigenvalue weighted by Crippen LogP contribution is 2.22. The number of amides is 2. The van der Waals surface area contributed by atoms with Gasteiger partial charge in [-0.1, -0.05) is 36.4 Å². The first-order valence-corrected chi connectivity index (χ1v) is 11.4. The van der Waals surface area contributed by atoms with Crippen LogP contribution in [0.15, 0.2) is 53.5 Å². The van der Waals surface area contributed by atoms with Crippen LogP contribution in [0.25, 0.3) is 0 Å². The number of guanidine groups is 1. The largest absolute Gasteiger partial charge is 0.357 e. The summed E-state index contributed by atoms with van der Waals surface area (Å²) in [6.45, 7) is 5.63. The van der Waals surface area contributed by atoms with Crippen molar-refractivity contribution in [3.8, 4) is 0 Å². The van der Waals surface area contributed by atoms with E-state index in [2.05, 4.69) is 33.8 Å². The molecule has 8 heteroatoms. The first-order valence-electron chi connectivity index (χ1n) is 11.4. The Morgan fingerprint density at radius 3 is 2.45 bits per heavy atom. The molecule has 0 spiro atoms. The van der Waals surface area contributed by atoms with Crippen molar-refractivity contribution in [1.82, 2.24) is 15.5 Å². The number of anilines is 1. The maximum atomic E-state index is 12.7. The summed E-state index contributed by atoms with van der Waals surface area (Å²) in [7, 11) is 0. The Hall–Kier alpha value is -2.62. The number of rotatable bonds is 6. The van der Waals surface area contributed by atoms with Gasteiger partial charge in [0.2, 0.25) is 11.8 Å². The second kappa shape index (κ2) is 12.0. The number of hydrogen-bond donors (Lipinski definition) is 2. The third-order valence-electron chi connectivity index (χ3n) is 5.98. The normalized spacial score (nSPS) is 15.7. The maximum Gasteiger partial charge on any atom is 0.242 e. The first kappa shape index (κ1) is 25.0. The molecule has 0 aromatic heterocycles. The molecular weight excluding hydrogens is 529 g/mol. The minimum absolute atomic E-state index is 0. The summed E-state index contributed by atoms with van der Waals surface area (Å²) < 4.78 is 0. The Morgan fingerprint density at radius 1 is 1.00 bits per heavy atom. The molecule has 0 unspecified atom stereocenters. The molecule has 2 N–H and O–H groups in total. The monoisotopic (exact) mass is 561 g/mol. The molecule has 2 amide bonds. The molecule has 176 valence electrons. The molecule has 4 rings (SSSR count). The average Bonchev–Trinajstić information content (AvgIpc) is 3.26. The molecule has 1 saturated heterocycles. The highest BCUT2D eigenvalue weighted by atomic mass is 127. The van der Waals surface area contributed by atoms with E-state index < -0.39 is 0 Å². The van der Waals surface area contributed by atoms with Gasteiger partial charge in [0.1, 0.15) is 0 Å². The first-order chi connectivity index (χ1) is 15.6. The van der Waals surface area contributed by atoms with Crippen LogP contribution >= 0.6 is 24.0 Å². The lowest BCUT2D eigenvalue weighted by Gasteiger charge is -2.29. The van der Waals surface area contributed by atoms with Gasteiger partial charge >= 0.3 is 0 Å².